The maximum Gasteiger partial charge on any atom is 0.286 e. The van der Waals surface area contributed by atoms with E-state index in [0.29, 0.717) is 31.5 Å². The Balaban J connectivity index is 1.59. The Morgan fingerprint density at radius 3 is 2.65 bits per heavy atom. The maximum absolute atomic E-state index is 14.8. The Morgan fingerprint density at radius 1 is 1.12 bits per heavy atom. The van der Waals surface area contributed by atoms with Crippen LogP contribution >= 0.6 is 0 Å². The van der Waals surface area contributed by atoms with Gasteiger partial charge in [0, 0.05) is 39.0 Å². The van der Waals surface area contributed by atoms with Crippen molar-refractivity contribution in [1.82, 2.24) is 20.5 Å². The summed E-state index contributed by atoms with van der Waals surface area (Å²) in [6.07, 6.45) is 5.86. The van der Waals surface area contributed by atoms with Crippen molar-refractivity contribution < 1.29 is 23.5 Å². The van der Waals surface area contributed by atoms with E-state index in [1.54, 1.807) is 44.6 Å². The van der Waals surface area contributed by atoms with Gasteiger partial charge in [-0.25, -0.2) is 4.39 Å². The Kier molecular flexibility index (Phi) is 9.92. The average Bonchev–Trinajstić information content (AvgIpc) is 3.79. The van der Waals surface area contributed by atoms with Crippen LogP contribution in [0.25, 0.3) is 0 Å². The molecule has 1 aliphatic heterocycles. The third-order valence-corrected chi connectivity index (χ3v) is 7.31. The van der Waals surface area contributed by atoms with Gasteiger partial charge in [-0.3, -0.25) is 19.4 Å². The van der Waals surface area contributed by atoms with Gasteiger partial charge in [0.1, 0.15) is 12.1 Å². The molecule has 2 heterocycles. The van der Waals surface area contributed by atoms with Gasteiger partial charge in [0.25, 0.3) is 5.91 Å². The third kappa shape index (κ3) is 7.68. The number of carbonyl (C=O) groups excluding carboxylic acids is 3. The van der Waals surface area contributed by atoms with Crippen LogP contribution in [0, 0.1) is 11.7 Å². The number of aromatic nitrogens is 1. The number of halogens is 1. The number of pyridine rings is 1. The zero-order valence-electron chi connectivity index (χ0n) is 23.2. The molecule has 4 rings (SSSR count). The molecule has 2 aliphatic rings. The summed E-state index contributed by atoms with van der Waals surface area (Å²) >= 11 is 0. The minimum absolute atomic E-state index is 0.150. The molecule has 1 saturated carbocycles. The van der Waals surface area contributed by atoms with Crippen molar-refractivity contribution in [1.29, 1.82) is 0 Å². The third-order valence-electron chi connectivity index (χ3n) is 7.31. The molecular formula is C29H37FN6O4. The first-order valence-electron chi connectivity index (χ1n) is 13.8. The second-order valence-electron chi connectivity index (χ2n) is 10.5. The highest BCUT2D eigenvalue weighted by atomic mass is 19.1. The van der Waals surface area contributed by atoms with Crippen molar-refractivity contribution in [3.8, 4) is 5.75 Å². The number of azo groups is 1. The van der Waals surface area contributed by atoms with Crippen molar-refractivity contribution in [2.24, 2.45) is 16.1 Å². The number of fused-ring (bicyclic) bond motifs is 1. The SMILES string of the molecule is C[C@@H]1CN[C@@H](C2CC2)C(=O)N(C)[C@H](C)C(=O)N=N[C@H](Cc2cccnc2)C(=O)NCCCc2cccc(F)c2O1. The lowest BCUT2D eigenvalue weighted by molar-refractivity contribution is -0.139. The molecular weight excluding hydrogens is 515 g/mol. The number of amides is 3. The number of aryl methyl sites for hydroxylation is 1. The molecule has 3 amide bonds. The summed E-state index contributed by atoms with van der Waals surface area (Å²) in [6, 6.07) is 6.03. The highest BCUT2D eigenvalue weighted by molar-refractivity contribution is 5.90. The Labute approximate surface area is 233 Å². The number of likely N-dealkylation sites (N-methyl/N-ethyl adjacent to an activating group) is 1. The second kappa shape index (κ2) is 13.6. The van der Waals surface area contributed by atoms with E-state index in [1.165, 1.54) is 11.0 Å². The number of nitrogens with zero attached hydrogens (tertiary/aromatic N) is 4. The summed E-state index contributed by atoms with van der Waals surface area (Å²) in [6.45, 7) is 4.05. The van der Waals surface area contributed by atoms with E-state index in [-0.39, 0.29) is 24.0 Å². The number of hydrogen-bond donors (Lipinski definition) is 2. The van der Waals surface area contributed by atoms with Gasteiger partial charge in [0.05, 0.1) is 6.04 Å². The summed E-state index contributed by atoms with van der Waals surface area (Å²) < 4.78 is 20.8. The zero-order chi connectivity index (χ0) is 28.6. The van der Waals surface area contributed by atoms with Crippen LogP contribution in [0.3, 0.4) is 0 Å². The van der Waals surface area contributed by atoms with Crippen molar-refractivity contribution in [3.63, 3.8) is 0 Å². The van der Waals surface area contributed by atoms with Gasteiger partial charge in [-0.15, -0.1) is 5.11 Å². The van der Waals surface area contributed by atoms with Crippen molar-refractivity contribution in [2.45, 2.75) is 70.2 Å². The van der Waals surface area contributed by atoms with E-state index in [0.717, 1.165) is 18.4 Å². The Hall–Kier alpha value is -3.73. The van der Waals surface area contributed by atoms with E-state index < -0.39 is 41.9 Å². The molecule has 0 spiro atoms. The molecule has 1 aromatic carbocycles. The van der Waals surface area contributed by atoms with Gasteiger partial charge in [0.2, 0.25) is 11.8 Å². The van der Waals surface area contributed by atoms with Gasteiger partial charge < -0.3 is 20.3 Å². The van der Waals surface area contributed by atoms with Gasteiger partial charge in [-0.05, 0) is 68.7 Å². The van der Waals surface area contributed by atoms with Crippen LogP contribution in [0.1, 0.15) is 44.2 Å². The second-order valence-corrected chi connectivity index (χ2v) is 10.5. The molecule has 4 atom stereocenters. The number of rotatable bonds is 3. The zero-order valence-corrected chi connectivity index (χ0v) is 23.2. The largest absolute Gasteiger partial charge is 0.486 e. The number of carbonyl (C=O) groups is 3. The molecule has 0 saturated heterocycles. The predicted molar refractivity (Wildman–Crippen MR) is 146 cm³/mol. The van der Waals surface area contributed by atoms with Gasteiger partial charge in [0.15, 0.2) is 17.6 Å². The van der Waals surface area contributed by atoms with Gasteiger partial charge in [-0.2, -0.15) is 5.11 Å². The molecule has 1 fully saturated rings. The van der Waals surface area contributed by atoms with Crippen LogP contribution in [0.2, 0.25) is 0 Å². The smallest absolute Gasteiger partial charge is 0.286 e. The van der Waals surface area contributed by atoms with E-state index in [2.05, 4.69) is 25.8 Å². The van der Waals surface area contributed by atoms with Gasteiger partial charge >= 0.3 is 0 Å². The fourth-order valence-corrected chi connectivity index (χ4v) is 4.63. The molecule has 40 heavy (non-hydrogen) atoms. The van der Waals surface area contributed by atoms with Crippen LogP contribution in [0.15, 0.2) is 53.0 Å². The maximum atomic E-state index is 14.8. The number of para-hydroxylation sites is 1. The standard InChI is InChI=1S/C29H37FN6O4/c1-18-16-33-25(21-11-12-21)29(39)36(3)19(2)27(37)35-34-24(15-20-7-5-13-31-17-20)28(38)32-14-6-9-22-8-4-10-23(30)26(22)40-18/h4-5,7-8,10,13,17-19,21,24-25,33H,6,9,11-12,14-16H2,1-3H3,(H,32,38)/t18-,19-,24-,25+/m1/s1. The molecule has 2 aromatic rings. The lowest BCUT2D eigenvalue weighted by Crippen LogP contribution is -2.52. The summed E-state index contributed by atoms with van der Waals surface area (Å²) in [4.78, 5) is 44.9. The topological polar surface area (TPSA) is 125 Å². The number of ether oxygens (including phenoxy) is 1. The van der Waals surface area contributed by atoms with Crippen LogP contribution in [0.5, 0.6) is 5.75 Å². The summed E-state index contributed by atoms with van der Waals surface area (Å²) in [5.74, 6) is -1.38. The van der Waals surface area contributed by atoms with E-state index >= 15 is 0 Å². The van der Waals surface area contributed by atoms with Crippen LogP contribution in [0.4, 0.5) is 4.39 Å². The molecule has 1 aliphatic carbocycles. The van der Waals surface area contributed by atoms with Crippen LogP contribution in [-0.4, -0.2) is 72.0 Å². The number of benzene rings is 1. The van der Waals surface area contributed by atoms with Crippen molar-refractivity contribution in [3.05, 3.63) is 59.7 Å². The lowest BCUT2D eigenvalue weighted by atomic mass is 10.1. The molecule has 0 unspecified atom stereocenters. The van der Waals surface area contributed by atoms with E-state index in [1.807, 2.05) is 13.0 Å². The molecule has 0 radical (unpaired) electrons. The highest BCUT2D eigenvalue weighted by Gasteiger charge is 2.39. The first-order chi connectivity index (χ1) is 19.2. The minimum atomic E-state index is -0.960. The monoisotopic (exact) mass is 552 g/mol. The molecule has 2 N–H and O–H groups in total. The van der Waals surface area contributed by atoms with Crippen LogP contribution < -0.4 is 15.4 Å². The summed E-state index contributed by atoms with van der Waals surface area (Å²) in [5.41, 5.74) is 1.46. The normalized spacial score (nSPS) is 25.7. The highest BCUT2D eigenvalue weighted by Crippen LogP contribution is 2.34. The molecule has 214 valence electrons. The van der Waals surface area contributed by atoms with E-state index in [4.69, 9.17) is 4.74 Å². The minimum Gasteiger partial charge on any atom is -0.486 e. The first-order valence-corrected chi connectivity index (χ1v) is 13.8. The number of nitrogens with one attached hydrogen (secondary N) is 2. The summed E-state index contributed by atoms with van der Waals surface area (Å²) in [7, 11) is 1.56. The molecule has 0 bridgehead atoms. The average molecular weight is 553 g/mol. The predicted octanol–water partition coefficient (Wildman–Crippen LogP) is 2.86. The van der Waals surface area contributed by atoms with E-state index in [9.17, 15) is 18.8 Å². The first kappa shape index (κ1) is 29.3. The quantitative estimate of drug-likeness (QED) is 0.603. The van der Waals surface area contributed by atoms with Gasteiger partial charge in [-0.1, -0.05) is 18.2 Å². The molecule has 1 aromatic heterocycles. The molecule has 11 heteroatoms. The summed E-state index contributed by atoms with van der Waals surface area (Å²) in [5, 5.41) is 14.1. The fraction of sp³-hybridized carbons (Fsp3) is 0.517. The van der Waals surface area contributed by atoms with Crippen LogP contribution in [-0.2, 0) is 27.2 Å². The lowest BCUT2D eigenvalue weighted by Gasteiger charge is -2.28. The fourth-order valence-electron chi connectivity index (χ4n) is 4.63. The molecule has 10 nitrogen and oxygen atoms in total. The van der Waals surface area contributed by atoms with Crippen molar-refractivity contribution in [2.75, 3.05) is 20.1 Å². The Bertz CT molecular complexity index is 1220. The van der Waals surface area contributed by atoms with Crippen molar-refractivity contribution >= 4 is 17.7 Å². The Morgan fingerprint density at radius 2 is 1.93 bits per heavy atom. The number of hydrogen-bond acceptors (Lipinski definition) is 7.